The van der Waals surface area contributed by atoms with E-state index in [0.717, 1.165) is 83.2 Å². The van der Waals surface area contributed by atoms with Crippen LogP contribution < -0.4 is 0 Å². The van der Waals surface area contributed by atoms with Gasteiger partial charge in [0.25, 0.3) is 0 Å². The van der Waals surface area contributed by atoms with Gasteiger partial charge in [-0.3, -0.25) is 14.7 Å². The van der Waals surface area contributed by atoms with Crippen molar-refractivity contribution in [1.29, 1.82) is 0 Å². The SMILES string of the molecule is CC(C)CN1COC1.CC(C)N(C)CC(C)(C)C.CC(C)N1CC(C(C)(C)C)C1.CC(C)[N+](C)(C)CC(C)(C)C.CC(C)[N+]1(C)CC(C(C)(C)C)C1.CN(CC(C)(C)C)C[N+](C)(C)C(C)(C)C.CN(COC[N+](C)(C)C(C)(C)C)CC(C)(C)C.[CH2-]C(C)(C)C.[CH2-]C(C)C.[CH2-]N([CH2-])C(C)C.[CH2-][N+]([CH2-])(C)C(C)C.[Y+3].[Y+3]. The zero-order chi connectivity index (χ0) is 87.6. The van der Waals surface area contributed by atoms with Crippen molar-refractivity contribution >= 4 is 0 Å². The molecule has 0 bridgehead atoms. The van der Waals surface area contributed by atoms with E-state index < -0.39 is 0 Å². The summed E-state index contributed by atoms with van der Waals surface area (Å²) in [6.45, 7) is 119. The number of hydrogen-bond acceptors (Lipinski definition) is 8. The average Bonchev–Trinajstić information content (AvgIpc) is 0.771. The van der Waals surface area contributed by atoms with Gasteiger partial charge in [0, 0.05) is 69.9 Å². The van der Waals surface area contributed by atoms with Gasteiger partial charge in [0.15, 0.2) is 6.73 Å². The Bertz CT molecular complexity index is 2060. The normalized spacial score (nSPS) is 17.3. The summed E-state index contributed by atoms with van der Waals surface area (Å²) < 4.78 is 15.6. The van der Waals surface area contributed by atoms with E-state index in [1.54, 1.807) is 4.90 Å². The van der Waals surface area contributed by atoms with Crippen molar-refractivity contribution in [2.45, 2.75) is 345 Å². The minimum Gasteiger partial charge on any atom is -0.608 e. The van der Waals surface area contributed by atoms with Crippen LogP contribution in [0.4, 0.5) is 0 Å². The van der Waals surface area contributed by atoms with Crippen molar-refractivity contribution in [3.05, 3.63) is 42.0 Å². The van der Waals surface area contributed by atoms with Gasteiger partial charge in [-0.15, -0.1) is 0 Å². The molecule has 3 aliphatic rings. The number of hydrogen-bond donors (Lipinski definition) is 0. The smallest absolute Gasteiger partial charge is 0.608 e. The van der Waals surface area contributed by atoms with Crippen LogP contribution in [0, 0.1) is 104 Å². The molecule has 108 heavy (non-hydrogen) atoms. The fourth-order valence-electron chi connectivity index (χ4n) is 9.73. The van der Waals surface area contributed by atoms with Crippen LogP contribution in [0.15, 0.2) is 0 Å². The molecule has 0 atom stereocenters. The van der Waals surface area contributed by atoms with Crippen molar-refractivity contribution in [2.24, 2.45) is 61.6 Å². The van der Waals surface area contributed by atoms with E-state index in [1.165, 1.54) is 50.3 Å². The molecule has 0 unspecified atom stereocenters. The Kier molecular flexibility index (Phi) is 67.9. The molecule has 0 N–H and O–H groups in total. The molecule has 652 valence electrons. The molecule has 3 fully saturated rings. The summed E-state index contributed by atoms with van der Waals surface area (Å²) in [5.41, 5.74) is 3.37. The van der Waals surface area contributed by atoms with E-state index in [9.17, 15) is 0 Å². The summed E-state index contributed by atoms with van der Waals surface area (Å²) in [5.74, 6) is 3.22. The maximum atomic E-state index is 5.83. The second-order valence-electron chi connectivity index (χ2n) is 47.7. The Morgan fingerprint density at radius 3 is 0.991 bits per heavy atom. The molecule has 0 aromatic carbocycles. The number of rotatable bonds is 18. The molecule has 0 aromatic rings. The Morgan fingerprint density at radius 2 is 0.815 bits per heavy atom. The van der Waals surface area contributed by atoms with Gasteiger partial charge < -0.3 is 74.5 Å². The van der Waals surface area contributed by atoms with Gasteiger partial charge in [0.05, 0.1) is 98.0 Å². The maximum Gasteiger partial charge on any atom is 3.00 e. The molecule has 3 saturated heterocycles. The number of quaternary nitrogens is 5. The maximum absolute atomic E-state index is 5.83. The molecule has 0 aromatic heterocycles. The second-order valence-corrected chi connectivity index (χ2v) is 47.7. The second kappa shape index (κ2) is 56.3. The van der Waals surface area contributed by atoms with Crippen LogP contribution in [-0.2, 0) is 74.9 Å². The number of likely N-dealkylation sites (tertiary alicyclic amines) is 2. The Morgan fingerprint density at radius 1 is 0.500 bits per heavy atom. The molecule has 3 rings (SSSR count). The Balaban J connectivity index is -0.000000124. The summed E-state index contributed by atoms with van der Waals surface area (Å²) >= 11 is 0. The molecule has 0 spiro atoms. The van der Waals surface area contributed by atoms with Gasteiger partial charge in [-0.2, -0.15) is 25.4 Å². The third-order valence-corrected chi connectivity index (χ3v) is 20.1. The van der Waals surface area contributed by atoms with Crippen LogP contribution in [0.25, 0.3) is 0 Å². The first-order chi connectivity index (χ1) is 46.0. The van der Waals surface area contributed by atoms with Gasteiger partial charge in [0.2, 0.25) is 0 Å². The first-order valence-corrected chi connectivity index (χ1v) is 41.6. The minimum atomic E-state index is 0. The van der Waals surface area contributed by atoms with E-state index in [0.29, 0.717) is 79.3 Å². The molecular formula is C93H212N11O2Y2+5. The zero-order valence-corrected chi connectivity index (χ0v) is 91.0. The quantitative estimate of drug-likeness (QED) is 0.0764. The molecule has 0 aliphatic carbocycles. The number of nitrogens with zero attached hydrogens (tertiary/aromatic N) is 11. The monoisotopic (exact) mass is 1690 g/mol. The third-order valence-electron chi connectivity index (χ3n) is 20.1. The predicted octanol–water partition coefficient (Wildman–Crippen LogP) is 22.3. The summed E-state index contributed by atoms with van der Waals surface area (Å²) in [5, 5.41) is 0. The van der Waals surface area contributed by atoms with Crippen LogP contribution in [0.3, 0.4) is 0 Å². The zero-order valence-electron chi connectivity index (χ0n) is 85.3. The number of ether oxygens (including phenoxy) is 2. The average molecular weight is 1690 g/mol. The molecule has 0 radical (unpaired) electrons. The van der Waals surface area contributed by atoms with Gasteiger partial charge in [-0.1, -0.05) is 187 Å². The van der Waals surface area contributed by atoms with E-state index in [4.69, 9.17) is 9.47 Å². The summed E-state index contributed by atoms with van der Waals surface area (Å²) in [4.78, 5) is 13.5. The molecule has 3 heterocycles. The third kappa shape index (κ3) is 81.4. The van der Waals surface area contributed by atoms with Crippen LogP contribution in [0.5, 0.6) is 0 Å². The minimum absolute atomic E-state index is 0. The molecule has 13 nitrogen and oxygen atoms in total. The van der Waals surface area contributed by atoms with Crippen LogP contribution >= 0.6 is 0 Å². The molecule has 15 heteroatoms. The largest absolute Gasteiger partial charge is 3.00 e. The van der Waals surface area contributed by atoms with Crippen molar-refractivity contribution in [2.75, 3.05) is 170 Å². The van der Waals surface area contributed by atoms with E-state index in [-0.39, 0.29) is 76.4 Å². The Hall–Kier alpha value is 1.69. The summed E-state index contributed by atoms with van der Waals surface area (Å²) in [6, 6.07) is 3.90. The fraction of sp³-hybridized carbons (Fsp3) is 0.935. The van der Waals surface area contributed by atoms with Gasteiger partial charge in [-0.05, 0) is 177 Å². The van der Waals surface area contributed by atoms with Crippen LogP contribution in [-0.4, -0.2) is 269 Å². The van der Waals surface area contributed by atoms with E-state index in [1.807, 2.05) is 20.9 Å². The molecule has 3 aliphatic heterocycles. The molecule has 0 amide bonds. The van der Waals surface area contributed by atoms with Crippen LogP contribution in [0.1, 0.15) is 298 Å². The van der Waals surface area contributed by atoms with Gasteiger partial charge in [0.1, 0.15) is 26.9 Å². The topological polar surface area (TPSA) is 37.9 Å². The van der Waals surface area contributed by atoms with Crippen molar-refractivity contribution < 1.29 is 97.3 Å². The van der Waals surface area contributed by atoms with Gasteiger partial charge in [-0.25, -0.2) is 0 Å². The standard InChI is InChI=1S/C14H33N2O.C13H31N2.C11H24N.C10H21N.C10H24N.C9H21N.C6H13NO.C6H14N.C5H11N.C5H11.C4H9.2Y/c1-13(2,3)10-15(7)11-17-12-16(8,9)14(4,5)6;1-12(2,3)10-14(7)11-15(8,9)13(4,5)6;1-9(2)12(6)7-10(8-12)11(3,4)5;1-8(2)11-6-9(7-11)10(3,4)5;1-9(2)11(6,7)8-10(3,4)5;1-8(2)10(6)7-9(3,4)5;1-6(2)3-7-4-8-5-7;1-6(2)7(3,4)5;1-5(2)6(3)4;1-5(2,3)4;1-4(2)3;;/h10-12H2,1-9H3;10-11H2,1-9H3;9-10H,7-8H2,1-6H3;8-9H,6-7H2,1-5H3;9H,8H2,1-7H3;8H,7H2,1-6H3;6H,3-5H2,1-2H3;6H,3-4H2,1-2,5H3;5H,3-4H2,1-2H3;1H2,2-4H3;4H,1H2,2-3H3;;/q3*+1;;+1;;;-1;-2;2*-1;2*+3. The Labute approximate surface area is 739 Å². The molecular weight excluding hydrogens is 1480 g/mol. The molecule has 0 saturated carbocycles. The summed E-state index contributed by atoms with van der Waals surface area (Å²) in [7, 11) is 39.2. The fourth-order valence-corrected chi connectivity index (χ4v) is 9.73. The van der Waals surface area contributed by atoms with E-state index >= 15 is 0 Å². The van der Waals surface area contributed by atoms with Crippen molar-refractivity contribution in [3.8, 4) is 0 Å². The van der Waals surface area contributed by atoms with E-state index in [2.05, 4.69) is 421 Å². The summed E-state index contributed by atoms with van der Waals surface area (Å²) in [6.07, 6.45) is 0. The first-order valence-electron chi connectivity index (χ1n) is 41.6. The van der Waals surface area contributed by atoms with Gasteiger partial charge >= 0.3 is 65.4 Å². The first kappa shape index (κ1) is 130. The predicted molar refractivity (Wildman–Crippen MR) is 483 cm³/mol. The van der Waals surface area contributed by atoms with Crippen LogP contribution in [0.2, 0.25) is 0 Å². The van der Waals surface area contributed by atoms with Crippen molar-refractivity contribution in [1.82, 2.24) is 29.4 Å². The van der Waals surface area contributed by atoms with Crippen molar-refractivity contribution in [3.63, 3.8) is 0 Å².